The lowest BCUT2D eigenvalue weighted by atomic mass is 9.78. The van der Waals surface area contributed by atoms with E-state index in [1.807, 2.05) is 42.9 Å². The number of benzene rings is 1. The summed E-state index contributed by atoms with van der Waals surface area (Å²) in [6.07, 6.45) is 0.170. The Balaban J connectivity index is 2.19. The summed E-state index contributed by atoms with van der Waals surface area (Å²) in [7, 11) is 1.92. The van der Waals surface area contributed by atoms with Crippen LogP contribution in [0.15, 0.2) is 36.4 Å². The van der Waals surface area contributed by atoms with Gasteiger partial charge in [0.05, 0.1) is 11.8 Å². The molecular formula is C16H22N2O. The van der Waals surface area contributed by atoms with Gasteiger partial charge in [0.15, 0.2) is 0 Å². The molecule has 2 rings (SSSR count). The fourth-order valence-corrected chi connectivity index (χ4v) is 2.37. The van der Waals surface area contributed by atoms with Gasteiger partial charge in [0.1, 0.15) is 0 Å². The summed E-state index contributed by atoms with van der Waals surface area (Å²) in [6.45, 7) is 6.13. The van der Waals surface area contributed by atoms with Crippen molar-refractivity contribution >= 4 is 0 Å². The molecule has 2 aromatic rings. The highest BCUT2D eigenvalue weighted by Gasteiger charge is 2.30. The van der Waals surface area contributed by atoms with Crippen LogP contribution in [-0.2, 0) is 18.9 Å². The zero-order chi connectivity index (χ0) is 14.0. The van der Waals surface area contributed by atoms with Gasteiger partial charge in [-0.25, -0.2) is 0 Å². The lowest BCUT2D eigenvalue weighted by molar-refractivity contribution is 0.0981. The van der Waals surface area contributed by atoms with Gasteiger partial charge in [-0.3, -0.25) is 4.68 Å². The number of rotatable bonds is 4. The van der Waals surface area contributed by atoms with E-state index < -0.39 is 6.10 Å². The molecule has 1 atom stereocenters. The van der Waals surface area contributed by atoms with Crippen LogP contribution in [0.2, 0.25) is 0 Å². The van der Waals surface area contributed by atoms with Gasteiger partial charge in [0.2, 0.25) is 0 Å². The van der Waals surface area contributed by atoms with E-state index in [4.69, 9.17) is 0 Å². The Morgan fingerprint density at radius 1 is 1.26 bits per heavy atom. The number of hydrogen-bond donors (Lipinski definition) is 1. The first kappa shape index (κ1) is 13.8. The minimum absolute atomic E-state index is 0.278. The molecule has 3 heteroatoms. The third-order valence-corrected chi connectivity index (χ3v) is 3.85. The second-order valence-electron chi connectivity index (χ2n) is 5.71. The Morgan fingerprint density at radius 3 is 2.42 bits per heavy atom. The zero-order valence-electron chi connectivity index (χ0n) is 12.1. The summed E-state index contributed by atoms with van der Waals surface area (Å²) >= 11 is 0. The summed E-state index contributed by atoms with van der Waals surface area (Å²) in [5.74, 6) is 0. The van der Waals surface area contributed by atoms with Crippen LogP contribution < -0.4 is 0 Å². The minimum Gasteiger partial charge on any atom is -0.392 e. The Kier molecular flexibility index (Phi) is 3.76. The number of aromatic nitrogens is 2. The Hall–Kier alpha value is -1.61. The van der Waals surface area contributed by atoms with Gasteiger partial charge in [-0.2, -0.15) is 5.10 Å². The van der Waals surface area contributed by atoms with Gasteiger partial charge in [0, 0.05) is 24.6 Å². The SMILES string of the molecule is Cc1cc(CC(O)C(C)(C)c2ccccc2)n(C)n1. The van der Waals surface area contributed by atoms with Crippen LogP contribution in [0.5, 0.6) is 0 Å². The van der Waals surface area contributed by atoms with Crippen molar-refractivity contribution in [1.29, 1.82) is 0 Å². The first-order valence-corrected chi connectivity index (χ1v) is 6.64. The summed E-state index contributed by atoms with van der Waals surface area (Å²) in [5, 5.41) is 14.9. The predicted octanol–water partition coefficient (Wildman–Crippen LogP) is 2.61. The molecule has 19 heavy (non-hydrogen) atoms. The number of hydrogen-bond acceptors (Lipinski definition) is 2. The largest absolute Gasteiger partial charge is 0.392 e. The third kappa shape index (κ3) is 2.87. The van der Waals surface area contributed by atoms with Crippen LogP contribution in [0.1, 0.15) is 30.8 Å². The first-order chi connectivity index (χ1) is 8.91. The van der Waals surface area contributed by atoms with Crippen LogP contribution >= 0.6 is 0 Å². The topological polar surface area (TPSA) is 38.0 Å². The van der Waals surface area contributed by atoms with Crippen LogP contribution in [0.4, 0.5) is 0 Å². The highest BCUT2D eigenvalue weighted by atomic mass is 16.3. The number of aliphatic hydroxyl groups excluding tert-OH is 1. The summed E-state index contributed by atoms with van der Waals surface area (Å²) in [6, 6.07) is 12.2. The maximum atomic E-state index is 10.6. The van der Waals surface area contributed by atoms with Crippen molar-refractivity contribution in [3.63, 3.8) is 0 Å². The van der Waals surface area contributed by atoms with E-state index in [2.05, 4.69) is 31.1 Å². The van der Waals surface area contributed by atoms with Gasteiger partial charge in [-0.05, 0) is 18.6 Å². The molecule has 0 aliphatic heterocycles. The molecule has 0 amide bonds. The van der Waals surface area contributed by atoms with Crippen LogP contribution in [0, 0.1) is 6.92 Å². The molecule has 0 aliphatic carbocycles. The Labute approximate surface area is 114 Å². The van der Waals surface area contributed by atoms with Crippen LogP contribution in [0.25, 0.3) is 0 Å². The van der Waals surface area contributed by atoms with Crippen molar-refractivity contribution in [2.75, 3.05) is 0 Å². The predicted molar refractivity (Wildman–Crippen MR) is 77.1 cm³/mol. The van der Waals surface area contributed by atoms with Gasteiger partial charge >= 0.3 is 0 Å². The molecule has 0 bridgehead atoms. The molecule has 1 unspecified atom stereocenters. The molecule has 0 aliphatic rings. The Bertz CT molecular complexity index is 543. The molecule has 0 saturated heterocycles. The quantitative estimate of drug-likeness (QED) is 0.915. The number of aliphatic hydroxyl groups is 1. The van der Waals surface area contributed by atoms with Crippen LogP contribution in [0.3, 0.4) is 0 Å². The number of aryl methyl sites for hydroxylation is 2. The smallest absolute Gasteiger partial charge is 0.0686 e. The van der Waals surface area contributed by atoms with Crippen molar-refractivity contribution in [3.05, 3.63) is 53.3 Å². The van der Waals surface area contributed by atoms with Crippen molar-refractivity contribution in [3.8, 4) is 0 Å². The average molecular weight is 258 g/mol. The van der Waals surface area contributed by atoms with Crippen molar-refractivity contribution in [2.45, 2.75) is 38.7 Å². The fourth-order valence-electron chi connectivity index (χ4n) is 2.37. The molecule has 0 fully saturated rings. The maximum Gasteiger partial charge on any atom is 0.0686 e. The van der Waals surface area contributed by atoms with E-state index in [1.165, 1.54) is 0 Å². The van der Waals surface area contributed by atoms with Crippen molar-refractivity contribution in [2.24, 2.45) is 7.05 Å². The number of nitrogens with zero attached hydrogens (tertiary/aromatic N) is 2. The second-order valence-corrected chi connectivity index (χ2v) is 5.71. The third-order valence-electron chi connectivity index (χ3n) is 3.85. The van der Waals surface area contributed by atoms with E-state index in [9.17, 15) is 5.11 Å². The molecule has 1 N–H and O–H groups in total. The maximum absolute atomic E-state index is 10.6. The molecule has 3 nitrogen and oxygen atoms in total. The molecule has 0 radical (unpaired) electrons. The van der Waals surface area contributed by atoms with E-state index >= 15 is 0 Å². The van der Waals surface area contributed by atoms with E-state index in [0.29, 0.717) is 6.42 Å². The normalized spacial score (nSPS) is 13.5. The van der Waals surface area contributed by atoms with E-state index in [-0.39, 0.29) is 5.41 Å². The lowest BCUT2D eigenvalue weighted by Gasteiger charge is -2.31. The zero-order valence-corrected chi connectivity index (χ0v) is 12.1. The van der Waals surface area contributed by atoms with Gasteiger partial charge in [-0.1, -0.05) is 44.2 Å². The highest BCUT2D eigenvalue weighted by Crippen LogP contribution is 2.28. The molecular weight excluding hydrogens is 236 g/mol. The molecule has 0 spiro atoms. The van der Waals surface area contributed by atoms with Gasteiger partial charge < -0.3 is 5.11 Å². The molecule has 1 aromatic carbocycles. The monoisotopic (exact) mass is 258 g/mol. The molecule has 102 valence electrons. The molecule has 1 heterocycles. The summed E-state index contributed by atoms with van der Waals surface area (Å²) in [5.41, 5.74) is 2.93. The van der Waals surface area contributed by atoms with E-state index in [0.717, 1.165) is 17.0 Å². The summed E-state index contributed by atoms with van der Waals surface area (Å²) < 4.78 is 1.85. The Morgan fingerprint density at radius 2 is 1.89 bits per heavy atom. The standard InChI is InChI=1S/C16H22N2O/c1-12-10-14(18(4)17-12)11-15(19)16(2,3)13-8-6-5-7-9-13/h5-10,15,19H,11H2,1-4H3. The van der Waals surface area contributed by atoms with Crippen molar-refractivity contribution in [1.82, 2.24) is 9.78 Å². The van der Waals surface area contributed by atoms with Gasteiger partial charge in [0.25, 0.3) is 0 Å². The fraction of sp³-hybridized carbons (Fsp3) is 0.438. The van der Waals surface area contributed by atoms with Crippen LogP contribution in [-0.4, -0.2) is 21.0 Å². The second kappa shape index (κ2) is 5.17. The minimum atomic E-state index is -0.440. The molecule has 1 aromatic heterocycles. The van der Waals surface area contributed by atoms with E-state index in [1.54, 1.807) is 0 Å². The lowest BCUT2D eigenvalue weighted by Crippen LogP contribution is -2.35. The molecule has 0 saturated carbocycles. The highest BCUT2D eigenvalue weighted by molar-refractivity contribution is 5.26. The first-order valence-electron chi connectivity index (χ1n) is 6.64. The van der Waals surface area contributed by atoms with Crippen molar-refractivity contribution < 1.29 is 5.11 Å². The average Bonchev–Trinajstić information content (AvgIpc) is 2.69. The summed E-state index contributed by atoms with van der Waals surface area (Å²) in [4.78, 5) is 0. The van der Waals surface area contributed by atoms with Gasteiger partial charge in [-0.15, -0.1) is 0 Å².